The molecule has 0 bridgehead atoms. The second-order valence-corrected chi connectivity index (χ2v) is 7.35. The summed E-state index contributed by atoms with van der Waals surface area (Å²) in [4.78, 5) is 6.88. The number of piperidine rings is 1. The first kappa shape index (κ1) is 19.7. The summed E-state index contributed by atoms with van der Waals surface area (Å²) in [7, 11) is 1.82. The molecule has 140 valence electrons. The smallest absolute Gasteiger partial charge is 0.191 e. The SMILES string of the molecule is CN=C(NCCCc1cccc(F)c1)NC1CCN(CC(C)C)CC1. The van der Waals surface area contributed by atoms with Gasteiger partial charge in [0.15, 0.2) is 5.96 Å². The summed E-state index contributed by atoms with van der Waals surface area (Å²) in [5.74, 6) is 1.45. The first-order valence-corrected chi connectivity index (χ1v) is 9.51. The maximum atomic E-state index is 13.2. The minimum Gasteiger partial charge on any atom is -0.356 e. The number of likely N-dealkylation sites (tertiary alicyclic amines) is 1. The molecule has 0 amide bonds. The van der Waals surface area contributed by atoms with Gasteiger partial charge in [-0.05, 0) is 49.3 Å². The van der Waals surface area contributed by atoms with Crippen LogP contribution in [-0.2, 0) is 6.42 Å². The number of halogens is 1. The Balaban J connectivity index is 1.64. The molecule has 0 saturated carbocycles. The minimum atomic E-state index is -0.160. The van der Waals surface area contributed by atoms with E-state index < -0.39 is 0 Å². The van der Waals surface area contributed by atoms with Crippen LogP contribution >= 0.6 is 0 Å². The summed E-state index contributed by atoms with van der Waals surface area (Å²) in [6, 6.07) is 7.33. The van der Waals surface area contributed by atoms with Crippen molar-refractivity contribution in [2.45, 2.75) is 45.6 Å². The number of nitrogens with zero attached hydrogens (tertiary/aromatic N) is 2. The average molecular weight is 349 g/mol. The van der Waals surface area contributed by atoms with Crippen molar-refractivity contribution in [1.82, 2.24) is 15.5 Å². The third-order valence-electron chi connectivity index (χ3n) is 4.60. The van der Waals surface area contributed by atoms with Crippen molar-refractivity contribution >= 4 is 5.96 Å². The highest BCUT2D eigenvalue weighted by Gasteiger charge is 2.20. The van der Waals surface area contributed by atoms with Crippen molar-refractivity contribution in [3.8, 4) is 0 Å². The van der Waals surface area contributed by atoms with Gasteiger partial charge in [0.2, 0.25) is 0 Å². The van der Waals surface area contributed by atoms with Crippen LogP contribution < -0.4 is 10.6 Å². The lowest BCUT2D eigenvalue weighted by Gasteiger charge is -2.34. The Morgan fingerprint density at radius 1 is 1.32 bits per heavy atom. The van der Waals surface area contributed by atoms with Gasteiger partial charge in [-0.1, -0.05) is 26.0 Å². The fourth-order valence-corrected chi connectivity index (χ4v) is 3.36. The molecule has 2 rings (SSSR count). The van der Waals surface area contributed by atoms with Crippen LogP contribution in [0.25, 0.3) is 0 Å². The Morgan fingerprint density at radius 2 is 2.08 bits per heavy atom. The van der Waals surface area contributed by atoms with Crippen LogP contribution in [-0.4, -0.2) is 50.1 Å². The first-order valence-electron chi connectivity index (χ1n) is 9.51. The number of aryl methyl sites for hydroxylation is 1. The van der Waals surface area contributed by atoms with E-state index in [-0.39, 0.29) is 5.82 Å². The predicted octanol–water partition coefficient (Wildman–Crippen LogP) is 3.04. The lowest BCUT2D eigenvalue weighted by Crippen LogP contribution is -2.49. The van der Waals surface area contributed by atoms with Crippen molar-refractivity contribution in [3.63, 3.8) is 0 Å². The largest absolute Gasteiger partial charge is 0.356 e. The predicted molar refractivity (Wildman–Crippen MR) is 104 cm³/mol. The molecular formula is C20H33FN4. The molecular weight excluding hydrogens is 315 g/mol. The zero-order valence-electron chi connectivity index (χ0n) is 15.9. The van der Waals surface area contributed by atoms with E-state index in [1.807, 2.05) is 13.1 Å². The molecule has 4 nitrogen and oxygen atoms in total. The summed E-state index contributed by atoms with van der Waals surface area (Å²) in [5, 5.41) is 6.92. The molecule has 0 aromatic heterocycles. The van der Waals surface area contributed by atoms with E-state index >= 15 is 0 Å². The summed E-state index contributed by atoms with van der Waals surface area (Å²) in [5.41, 5.74) is 1.04. The van der Waals surface area contributed by atoms with E-state index in [1.54, 1.807) is 12.1 Å². The molecule has 1 aromatic carbocycles. The van der Waals surface area contributed by atoms with E-state index in [4.69, 9.17) is 0 Å². The maximum Gasteiger partial charge on any atom is 0.191 e. The number of guanidine groups is 1. The zero-order valence-corrected chi connectivity index (χ0v) is 15.9. The standard InChI is InChI=1S/C20H33FN4/c1-16(2)15-25-12-9-19(10-13-25)24-20(22-3)23-11-5-7-17-6-4-8-18(21)14-17/h4,6,8,14,16,19H,5,7,9-13,15H2,1-3H3,(H2,22,23,24). The fraction of sp³-hybridized carbons (Fsp3) is 0.650. The van der Waals surface area contributed by atoms with Crippen LogP contribution in [0.5, 0.6) is 0 Å². The highest BCUT2D eigenvalue weighted by Crippen LogP contribution is 2.12. The highest BCUT2D eigenvalue weighted by atomic mass is 19.1. The van der Waals surface area contributed by atoms with Crippen LogP contribution in [0.15, 0.2) is 29.3 Å². The molecule has 1 heterocycles. The molecule has 25 heavy (non-hydrogen) atoms. The highest BCUT2D eigenvalue weighted by molar-refractivity contribution is 5.79. The summed E-state index contributed by atoms with van der Waals surface area (Å²) in [6.45, 7) is 8.90. The molecule has 1 aliphatic rings. The van der Waals surface area contributed by atoms with Crippen molar-refractivity contribution in [2.75, 3.05) is 33.2 Å². The normalized spacial score (nSPS) is 17.1. The maximum absolute atomic E-state index is 13.2. The number of benzene rings is 1. The third-order valence-corrected chi connectivity index (χ3v) is 4.60. The Hall–Kier alpha value is -1.62. The average Bonchev–Trinajstić information content (AvgIpc) is 2.59. The molecule has 0 atom stereocenters. The molecule has 0 aliphatic carbocycles. The molecule has 1 saturated heterocycles. The lowest BCUT2D eigenvalue weighted by atomic mass is 10.0. The van der Waals surface area contributed by atoms with Crippen molar-refractivity contribution in [1.29, 1.82) is 0 Å². The molecule has 0 radical (unpaired) electrons. The van der Waals surface area contributed by atoms with E-state index in [9.17, 15) is 4.39 Å². The number of hydrogen-bond donors (Lipinski definition) is 2. The van der Waals surface area contributed by atoms with Gasteiger partial charge in [0.05, 0.1) is 0 Å². The van der Waals surface area contributed by atoms with Gasteiger partial charge in [0, 0.05) is 39.3 Å². The summed E-state index contributed by atoms with van der Waals surface area (Å²) >= 11 is 0. The van der Waals surface area contributed by atoms with E-state index in [0.29, 0.717) is 6.04 Å². The van der Waals surface area contributed by atoms with E-state index in [1.165, 1.54) is 12.6 Å². The minimum absolute atomic E-state index is 0.160. The van der Waals surface area contributed by atoms with Crippen molar-refractivity contribution < 1.29 is 4.39 Å². The number of rotatable bonds is 7. The topological polar surface area (TPSA) is 39.7 Å². The Bertz CT molecular complexity index is 536. The van der Waals surface area contributed by atoms with Crippen LogP contribution in [0.2, 0.25) is 0 Å². The van der Waals surface area contributed by atoms with Crippen LogP contribution in [0.1, 0.15) is 38.7 Å². The fourth-order valence-electron chi connectivity index (χ4n) is 3.36. The summed E-state index contributed by atoms with van der Waals surface area (Å²) in [6.07, 6.45) is 4.15. The van der Waals surface area contributed by atoms with Gasteiger partial charge in [0.25, 0.3) is 0 Å². The summed E-state index contributed by atoms with van der Waals surface area (Å²) < 4.78 is 13.2. The molecule has 0 unspecified atom stereocenters. The van der Waals surface area contributed by atoms with Crippen molar-refractivity contribution in [3.05, 3.63) is 35.6 Å². The second kappa shape index (κ2) is 10.4. The monoisotopic (exact) mass is 348 g/mol. The van der Waals surface area contributed by atoms with E-state index in [2.05, 4.69) is 34.4 Å². The van der Waals surface area contributed by atoms with Gasteiger partial charge in [-0.25, -0.2) is 4.39 Å². The molecule has 5 heteroatoms. The van der Waals surface area contributed by atoms with Crippen molar-refractivity contribution in [2.24, 2.45) is 10.9 Å². The molecule has 1 aliphatic heterocycles. The molecule has 2 N–H and O–H groups in total. The van der Waals surface area contributed by atoms with E-state index in [0.717, 1.165) is 62.8 Å². The van der Waals surface area contributed by atoms with Crippen LogP contribution in [0, 0.1) is 11.7 Å². The Labute approximate surface area is 151 Å². The molecule has 0 spiro atoms. The Morgan fingerprint density at radius 3 is 2.72 bits per heavy atom. The van der Waals surface area contributed by atoms with Gasteiger partial charge in [-0.15, -0.1) is 0 Å². The van der Waals surface area contributed by atoms with Crippen LogP contribution in [0.4, 0.5) is 4.39 Å². The third kappa shape index (κ3) is 7.43. The number of nitrogens with one attached hydrogen (secondary N) is 2. The molecule has 1 fully saturated rings. The van der Waals surface area contributed by atoms with Gasteiger partial charge in [0.1, 0.15) is 5.82 Å². The second-order valence-electron chi connectivity index (χ2n) is 7.35. The lowest BCUT2D eigenvalue weighted by molar-refractivity contribution is 0.187. The van der Waals surface area contributed by atoms with Gasteiger partial charge < -0.3 is 15.5 Å². The number of aliphatic imine (C=N–C) groups is 1. The van der Waals surface area contributed by atoms with Gasteiger partial charge in [-0.3, -0.25) is 4.99 Å². The van der Waals surface area contributed by atoms with Gasteiger partial charge >= 0.3 is 0 Å². The Kier molecular flexibility index (Phi) is 8.19. The number of hydrogen-bond acceptors (Lipinski definition) is 2. The quantitative estimate of drug-likeness (QED) is 0.452. The zero-order chi connectivity index (χ0) is 18.1. The first-order chi connectivity index (χ1) is 12.1. The molecule has 1 aromatic rings. The van der Waals surface area contributed by atoms with Gasteiger partial charge in [-0.2, -0.15) is 0 Å². The van der Waals surface area contributed by atoms with Crippen LogP contribution in [0.3, 0.4) is 0 Å².